The van der Waals surface area contributed by atoms with E-state index in [1.54, 1.807) is 10.7 Å². The predicted octanol–water partition coefficient (Wildman–Crippen LogP) is 4.25. The lowest BCUT2D eigenvalue weighted by molar-refractivity contribution is -0.142. The number of aromatic nitrogens is 4. The quantitative estimate of drug-likeness (QED) is 0.384. The van der Waals surface area contributed by atoms with E-state index in [-0.39, 0.29) is 25.2 Å². The zero-order valence-electron chi connectivity index (χ0n) is 19.7. The Bertz CT molecular complexity index is 1400. The van der Waals surface area contributed by atoms with Gasteiger partial charge in [-0.25, -0.2) is 4.98 Å². The maximum Gasteiger partial charge on any atom is 0.306 e. The minimum atomic E-state index is -0.735. The van der Waals surface area contributed by atoms with E-state index in [0.717, 1.165) is 52.3 Å². The summed E-state index contributed by atoms with van der Waals surface area (Å²) in [5.41, 5.74) is 6.06. The normalized spacial score (nSPS) is 21.6. The number of carboxylic acids is 1. The Morgan fingerprint density at radius 3 is 2.56 bits per heavy atom. The maximum atomic E-state index is 11.5. The van der Waals surface area contributed by atoms with E-state index in [4.69, 9.17) is 9.72 Å². The Morgan fingerprint density at radius 1 is 1.06 bits per heavy atom. The molecule has 0 saturated heterocycles. The van der Waals surface area contributed by atoms with E-state index in [1.165, 1.54) is 0 Å². The van der Waals surface area contributed by atoms with Crippen LogP contribution in [0, 0.1) is 5.92 Å². The van der Waals surface area contributed by atoms with Crippen molar-refractivity contribution in [2.75, 3.05) is 18.7 Å². The van der Waals surface area contributed by atoms with Crippen molar-refractivity contribution in [2.24, 2.45) is 5.92 Å². The number of ether oxygens (including phenoxy) is 1. The van der Waals surface area contributed by atoms with Crippen molar-refractivity contribution in [3.63, 3.8) is 0 Å². The van der Waals surface area contributed by atoms with Gasteiger partial charge in [0.1, 0.15) is 18.7 Å². The van der Waals surface area contributed by atoms with Crippen LogP contribution in [0.4, 0.5) is 5.82 Å². The van der Waals surface area contributed by atoms with Gasteiger partial charge in [0.25, 0.3) is 0 Å². The summed E-state index contributed by atoms with van der Waals surface area (Å²) in [7, 11) is 0. The molecule has 2 aliphatic rings. The van der Waals surface area contributed by atoms with Crippen molar-refractivity contribution in [1.29, 1.82) is 0 Å². The van der Waals surface area contributed by atoms with E-state index >= 15 is 0 Å². The molecule has 0 radical (unpaired) electrons. The fraction of sp³-hybridized carbons (Fsp3) is 0.333. The molecule has 0 spiro atoms. The van der Waals surface area contributed by atoms with Crippen LogP contribution in [0.2, 0.25) is 0 Å². The summed E-state index contributed by atoms with van der Waals surface area (Å²) >= 11 is 0. The van der Waals surface area contributed by atoms with E-state index in [9.17, 15) is 15.0 Å². The highest BCUT2D eigenvalue weighted by atomic mass is 16.5. The van der Waals surface area contributed by atoms with Gasteiger partial charge < -0.3 is 20.3 Å². The van der Waals surface area contributed by atoms with Gasteiger partial charge in [-0.1, -0.05) is 36.4 Å². The Morgan fingerprint density at radius 2 is 1.86 bits per heavy atom. The van der Waals surface area contributed by atoms with Crippen LogP contribution in [0.3, 0.4) is 0 Å². The summed E-state index contributed by atoms with van der Waals surface area (Å²) in [5, 5.41) is 27.4. The number of nitrogens with one attached hydrogen (secondary N) is 1. The van der Waals surface area contributed by atoms with Gasteiger partial charge in [-0.15, -0.1) is 0 Å². The zero-order chi connectivity index (χ0) is 24.6. The fourth-order valence-corrected chi connectivity index (χ4v) is 5.41. The SMILES string of the molecule is O=C(O)C1CCC(c2nc3c(-c4ccc(-c5ccccc5)nc4)cnn3c3c2C(CO)OCN3)CC1. The van der Waals surface area contributed by atoms with Gasteiger partial charge >= 0.3 is 5.97 Å². The van der Waals surface area contributed by atoms with Gasteiger partial charge in [0.15, 0.2) is 5.65 Å². The fourth-order valence-electron chi connectivity index (χ4n) is 5.41. The van der Waals surface area contributed by atoms with Gasteiger partial charge in [0.2, 0.25) is 0 Å². The topological polar surface area (TPSA) is 122 Å². The summed E-state index contributed by atoms with van der Waals surface area (Å²) in [6.07, 6.45) is 5.78. The van der Waals surface area contributed by atoms with Crippen molar-refractivity contribution in [2.45, 2.75) is 37.7 Å². The average Bonchev–Trinajstić information content (AvgIpc) is 3.37. The van der Waals surface area contributed by atoms with E-state index < -0.39 is 12.1 Å². The van der Waals surface area contributed by atoms with E-state index in [2.05, 4.69) is 15.4 Å². The van der Waals surface area contributed by atoms with E-state index in [0.29, 0.717) is 18.5 Å². The van der Waals surface area contributed by atoms with Crippen LogP contribution < -0.4 is 5.32 Å². The molecule has 1 saturated carbocycles. The number of pyridine rings is 1. The summed E-state index contributed by atoms with van der Waals surface area (Å²) in [5.74, 6) is -0.204. The van der Waals surface area contributed by atoms with Crippen molar-refractivity contribution in [3.05, 3.63) is 66.1 Å². The number of carbonyl (C=O) groups is 1. The van der Waals surface area contributed by atoms with Crippen molar-refractivity contribution in [1.82, 2.24) is 19.6 Å². The van der Waals surface area contributed by atoms with Gasteiger partial charge in [-0.2, -0.15) is 9.61 Å². The number of aliphatic carboxylic acids is 1. The lowest BCUT2D eigenvalue weighted by Gasteiger charge is -2.32. The lowest BCUT2D eigenvalue weighted by Crippen LogP contribution is -2.29. The summed E-state index contributed by atoms with van der Waals surface area (Å²) < 4.78 is 7.56. The van der Waals surface area contributed by atoms with Crippen LogP contribution in [0.1, 0.15) is 49.0 Å². The summed E-state index contributed by atoms with van der Waals surface area (Å²) in [4.78, 5) is 21.3. The number of nitrogens with zero attached hydrogens (tertiary/aromatic N) is 4. The van der Waals surface area contributed by atoms with Gasteiger partial charge in [0, 0.05) is 34.4 Å². The second-order valence-corrected chi connectivity index (χ2v) is 9.40. The van der Waals surface area contributed by atoms with Gasteiger partial charge in [0.05, 0.1) is 30.1 Å². The number of hydrogen-bond acceptors (Lipinski definition) is 7. The zero-order valence-corrected chi connectivity index (χ0v) is 19.7. The van der Waals surface area contributed by atoms with Gasteiger partial charge in [-0.3, -0.25) is 9.78 Å². The Kier molecular flexibility index (Phi) is 5.86. The third-order valence-electron chi connectivity index (χ3n) is 7.33. The van der Waals surface area contributed by atoms with Crippen molar-refractivity contribution >= 4 is 17.4 Å². The third kappa shape index (κ3) is 3.90. The first-order valence-corrected chi connectivity index (χ1v) is 12.3. The first-order valence-electron chi connectivity index (χ1n) is 12.3. The minimum Gasteiger partial charge on any atom is -0.481 e. The molecule has 4 heterocycles. The van der Waals surface area contributed by atoms with Crippen LogP contribution in [0.25, 0.3) is 28.0 Å². The number of benzene rings is 1. The molecule has 0 bridgehead atoms. The minimum absolute atomic E-state index is 0.0817. The first-order chi connectivity index (χ1) is 17.6. The molecule has 3 aromatic heterocycles. The number of aliphatic hydroxyl groups is 1. The molecular formula is C27H27N5O4. The molecule has 1 aromatic carbocycles. The third-order valence-corrected chi connectivity index (χ3v) is 7.33. The first kappa shape index (κ1) is 22.6. The lowest BCUT2D eigenvalue weighted by atomic mass is 9.79. The van der Waals surface area contributed by atoms with Crippen LogP contribution in [-0.4, -0.2) is 49.1 Å². The number of rotatable bonds is 5. The second kappa shape index (κ2) is 9.33. The van der Waals surface area contributed by atoms with Crippen LogP contribution in [0.5, 0.6) is 0 Å². The van der Waals surface area contributed by atoms with Gasteiger partial charge in [-0.05, 0) is 31.7 Å². The Labute approximate surface area is 207 Å². The molecule has 6 rings (SSSR count). The molecule has 1 aliphatic heterocycles. The Hall–Kier alpha value is -3.82. The number of aliphatic hydroxyl groups excluding tert-OH is 1. The van der Waals surface area contributed by atoms with Crippen LogP contribution >= 0.6 is 0 Å². The molecular weight excluding hydrogens is 458 g/mol. The molecule has 1 unspecified atom stereocenters. The second-order valence-electron chi connectivity index (χ2n) is 9.40. The molecule has 36 heavy (non-hydrogen) atoms. The molecule has 0 amide bonds. The molecule has 1 atom stereocenters. The smallest absolute Gasteiger partial charge is 0.306 e. The molecule has 1 fully saturated rings. The molecule has 3 N–H and O–H groups in total. The highest BCUT2D eigenvalue weighted by Crippen LogP contribution is 2.43. The summed E-state index contributed by atoms with van der Waals surface area (Å²) in [6, 6.07) is 14.0. The number of hydrogen-bond donors (Lipinski definition) is 3. The Balaban J connectivity index is 1.43. The highest BCUT2D eigenvalue weighted by molar-refractivity contribution is 5.79. The number of anilines is 1. The highest BCUT2D eigenvalue weighted by Gasteiger charge is 2.34. The predicted molar refractivity (Wildman–Crippen MR) is 133 cm³/mol. The molecule has 4 aromatic rings. The molecule has 9 nitrogen and oxygen atoms in total. The summed E-state index contributed by atoms with van der Waals surface area (Å²) in [6.45, 7) is 0.0867. The van der Waals surface area contributed by atoms with Crippen LogP contribution in [-0.2, 0) is 9.53 Å². The van der Waals surface area contributed by atoms with Crippen molar-refractivity contribution < 1.29 is 19.7 Å². The molecule has 184 valence electrons. The van der Waals surface area contributed by atoms with Crippen LogP contribution in [0.15, 0.2) is 54.9 Å². The number of fused-ring (bicyclic) bond motifs is 3. The molecule has 1 aliphatic carbocycles. The maximum absolute atomic E-state index is 11.5. The van der Waals surface area contributed by atoms with E-state index in [1.807, 2.05) is 48.7 Å². The average molecular weight is 486 g/mol. The number of carboxylic acid groups (broad SMARTS) is 1. The largest absolute Gasteiger partial charge is 0.481 e. The molecule has 9 heteroatoms. The standard InChI is InChI=1S/C27H27N5O4/c33-14-22-23-24(17-6-8-18(9-7-17)27(34)35)31-25-20(13-30-32(25)26(23)29-15-36-22)19-10-11-21(28-12-19)16-4-2-1-3-5-16/h1-5,10-13,17-18,22,29,33H,6-9,14-15H2,(H,34,35). The monoisotopic (exact) mass is 485 g/mol. The van der Waals surface area contributed by atoms with Crippen molar-refractivity contribution in [3.8, 4) is 22.4 Å².